The van der Waals surface area contributed by atoms with Crippen LogP contribution in [0.3, 0.4) is 0 Å². The fourth-order valence-electron chi connectivity index (χ4n) is 2.22. The Balaban J connectivity index is 2.94. The van der Waals surface area contributed by atoms with Gasteiger partial charge in [0, 0.05) is 0 Å². The van der Waals surface area contributed by atoms with Gasteiger partial charge in [-0.25, -0.2) is 0 Å². The summed E-state index contributed by atoms with van der Waals surface area (Å²) in [5, 5.41) is 0. The number of rotatable bonds is 14. The van der Waals surface area contributed by atoms with Crippen LogP contribution in [0.25, 0.3) is 0 Å². The summed E-state index contributed by atoms with van der Waals surface area (Å²) in [5.74, 6) is 0. The Kier molecular flexibility index (Phi) is 16.4. The third-order valence-electron chi connectivity index (χ3n) is 3.45. The molecule has 0 aromatic heterocycles. The summed E-state index contributed by atoms with van der Waals surface area (Å²) in [6.07, 6.45) is 22.4. The Morgan fingerprint density at radius 1 is 0.611 bits per heavy atom. The standard InChI is InChI=1S/C17H35N/c1-2-3-4-5-6-7-8-9-10-11-12-13-14-15-16-17-18/h4-5H,2-3,6-18H2,1H3/b5-4+. The van der Waals surface area contributed by atoms with Crippen LogP contribution in [0.5, 0.6) is 0 Å². The topological polar surface area (TPSA) is 26.0 Å². The van der Waals surface area contributed by atoms with Gasteiger partial charge in [0.15, 0.2) is 0 Å². The Labute approximate surface area is 115 Å². The third kappa shape index (κ3) is 15.7. The molecule has 0 aromatic carbocycles. The van der Waals surface area contributed by atoms with Crippen LogP contribution in [-0.4, -0.2) is 6.54 Å². The molecule has 0 fully saturated rings. The van der Waals surface area contributed by atoms with Gasteiger partial charge in [0.25, 0.3) is 0 Å². The number of allylic oxidation sites excluding steroid dienone is 2. The maximum atomic E-state index is 5.47. The van der Waals surface area contributed by atoms with E-state index in [0.29, 0.717) is 0 Å². The fourth-order valence-corrected chi connectivity index (χ4v) is 2.22. The minimum Gasteiger partial charge on any atom is -0.330 e. The van der Waals surface area contributed by atoms with Gasteiger partial charge in [-0.2, -0.15) is 0 Å². The normalized spacial score (nSPS) is 11.4. The van der Waals surface area contributed by atoms with Gasteiger partial charge < -0.3 is 5.73 Å². The smallest absolute Gasteiger partial charge is 0.00773 e. The van der Waals surface area contributed by atoms with Crippen molar-refractivity contribution in [2.75, 3.05) is 6.54 Å². The van der Waals surface area contributed by atoms with E-state index in [9.17, 15) is 0 Å². The summed E-state index contributed by atoms with van der Waals surface area (Å²) in [6, 6.07) is 0. The quantitative estimate of drug-likeness (QED) is 0.317. The number of nitrogens with two attached hydrogens (primary N) is 1. The second-order valence-corrected chi connectivity index (χ2v) is 5.37. The Hall–Kier alpha value is -0.300. The van der Waals surface area contributed by atoms with E-state index in [1.165, 1.54) is 83.5 Å². The highest BCUT2D eigenvalue weighted by molar-refractivity contribution is 4.80. The molecular formula is C17H35N. The molecule has 0 saturated carbocycles. The summed E-state index contributed by atoms with van der Waals surface area (Å²) >= 11 is 0. The summed E-state index contributed by atoms with van der Waals surface area (Å²) in [7, 11) is 0. The average molecular weight is 253 g/mol. The molecule has 0 aliphatic heterocycles. The molecule has 0 rings (SSSR count). The van der Waals surface area contributed by atoms with Crippen LogP contribution in [0.4, 0.5) is 0 Å². The molecule has 0 unspecified atom stereocenters. The molecule has 0 amide bonds. The van der Waals surface area contributed by atoms with E-state index in [4.69, 9.17) is 5.73 Å². The van der Waals surface area contributed by atoms with Gasteiger partial charge in [-0.1, -0.05) is 76.9 Å². The molecule has 0 atom stereocenters. The molecule has 0 aromatic rings. The van der Waals surface area contributed by atoms with Crippen molar-refractivity contribution in [3.05, 3.63) is 12.2 Å². The third-order valence-corrected chi connectivity index (χ3v) is 3.45. The molecule has 2 N–H and O–H groups in total. The van der Waals surface area contributed by atoms with E-state index >= 15 is 0 Å². The Bertz CT molecular complexity index is 163. The van der Waals surface area contributed by atoms with Crippen LogP contribution in [0.1, 0.15) is 90.4 Å². The van der Waals surface area contributed by atoms with Crippen molar-refractivity contribution >= 4 is 0 Å². The molecule has 0 radical (unpaired) electrons. The van der Waals surface area contributed by atoms with Crippen LogP contribution < -0.4 is 5.73 Å². The lowest BCUT2D eigenvalue weighted by Crippen LogP contribution is -1.97. The highest BCUT2D eigenvalue weighted by Crippen LogP contribution is 2.11. The zero-order valence-corrected chi connectivity index (χ0v) is 12.6. The molecule has 0 saturated heterocycles. The van der Waals surface area contributed by atoms with Gasteiger partial charge >= 0.3 is 0 Å². The summed E-state index contributed by atoms with van der Waals surface area (Å²) in [5.41, 5.74) is 5.47. The largest absolute Gasteiger partial charge is 0.330 e. The molecule has 0 aliphatic rings. The lowest BCUT2D eigenvalue weighted by molar-refractivity contribution is 0.554. The number of hydrogen-bond donors (Lipinski definition) is 1. The number of unbranched alkanes of at least 4 members (excludes halogenated alkanes) is 11. The number of hydrogen-bond acceptors (Lipinski definition) is 1. The lowest BCUT2D eigenvalue weighted by atomic mass is 10.1. The first kappa shape index (κ1) is 17.7. The zero-order valence-electron chi connectivity index (χ0n) is 12.6. The van der Waals surface area contributed by atoms with Crippen molar-refractivity contribution in [2.24, 2.45) is 5.73 Å². The van der Waals surface area contributed by atoms with Crippen LogP contribution in [0.2, 0.25) is 0 Å². The van der Waals surface area contributed by atoms with Gasteiger partial charge in [-0.15, -0.1) is 0 Å². The second-order valence-electron chi connectivity index (χ2n) is 5.37. The van der Waals surface area contributed by atoms with Crippen LogP contribution in [0, 0.1) is 0 Å². The van der Waals surface area contributed by atoms with Crippen molar-refractivity contribution < 1.29 is 0 Å². The predicted octanol–water partition coefficient (Wildman–Crippen LogP) is 5.59. The maximum absolute atomic E-state index is 5.47. The minimum absolute atomic E-state index is 0.868. The van der Waals surface area contributed by atoms with Crippen molar-refractivity contribution in [1.82, 2.24) is 0 Å². The molecular weight excluding hydrogens is 218 g/mol. The Morgan fingerprint density at radius 2 is 1.06 bits per heavy atom. The van der Waals surface area contributed by atoms with Gasteiger partial charge in [-0.05, 0) is 32.2 Å². The first-order valence-electron chi connectivity index (χ1n) is 8.27. The Morgan fingerprint density at radius 3 is 1.56 bits per heavy atom. The fraction of sp³-hybridized carbons (Fsp3) is 0.882. The van der Waals surface area contributed by atoms with E-state index in [1.54, 1.807) is 0 Å². The van der Waals surface area contributed by atoms with Gasteiger partial charge in [0.05, 0.1) is 0 Å². The molecule has 0 aliphatic carbocycles. The minimum atomic E-state index is 0.868. The van der Waals surface area contributed by atoms with E-state index < -0.39 is 0 Å². The average Bonchev–Trinajstić information content (AvgIpc) is 2.39. The van der Waals surface area contributed by atoms with E-state index in [-0.39, 0.29) is 0 Å². The van der Waals surface area contributed by atoms with Crippen LogP contribution >= 0.6 is 0 Å². The monoisotopic (exact) mass is 253 g/mol. The summed E-state index contributed by atoms with van der Waals surface area (Å²) < 4.78 is 0. The molecule has 0 spiro atoms. The van der Waals surface area contributed by atoms with Gasteiger partial charge in [0.2, 0.25) is 0 Å². The van der Waals surface area contributed by atoms with E-state index in [2.05, 4.69) is 19.1 Å². The van der Waals surface area contributed by atoms with E-state index in [0.717, 1.165) is 6.54 Å². The van der Waals surface area contributed by atoms with Crippen LogP contribution in [0.15, 0.2) is 12.2 Å². The molecule has 1 heteroatoms. The van der Waals surface area contributed by atoms with Crippen molar-refractivity contribution in [3.63, 3.8) is 0 Å². The highest BCUT2D eigenvalue weighted by atomic mass is 14.5. The van der Waals surface area contributed by atoms with Crippen LogP contribution in [-0.2, 0) is 0 Å². The second kappa shape index (κ2) is 16.7. The molecule has 0 heterocycles. The highest BCUT2D eigenvalue weighted by Gasteiger charge is 1.92. The molecule has 108 valence electrons. The predicted molar refractivity (Wildman–Crippen MR) is 83.9 cm³/mol. The van der Waals surface area contributed by atoms with Gasteiger partial charge in [0.1, 0.15) is 0 Å². The first-order valence-corrected chi connectivity index (χ1v) is 8.27. The molecule has 1 nitrogen and oxygen atoms in total. The summed E-state index contributed by atoms with van der Waals surface area (Å²) in [4.78, 5) is 0. The lowest BCUT2D eigenvalue weighted by Gasteiger charge is -2.01. The summed E-state index contributed by atoms with van der Waals surface area (Å²) in [6.45, 7) is 3.10. The van der Waals surface area contributed by atoms with Crippen molar-refractivity contribution in [1.29, 1.82) is 0 Å². The van der Waals surface area contributed by atoms with E-state index in [1.807, 2.05) is 0 Å². The van der Waals surface area contributed by atoms with Crippen molar-refractivity contribution in [2.45, 2.75) is 90.4 Å². The van der Waals surface area contributed by atoms with Crippen molar-refractivity contribution in [3.8, 4) is 0 Å². The first-order chi connectivity index (χ1) is 8.91. The SMILES string of the molecule is CCC/C=C/CCCCCCCCCCCCN. The van der Waals surface area contributed by atoms with Gasteiger partial charge in [-0.3, -0.25) is 0 Å². The molecule has 0 bridgehead atoms. The maximum Gasteiger partial charge on any atom is -0.00773 e. The zero-order chi connectivity index (χ0) is 13.3. The molecule has 18 heavy (non-hydrogen) atoms.